The fraction of sp³-hybridized carbons (Fsp3) is 0.857. The number of rotatable bonds is 1. The van der Waals surface area contributed by atoms with E-state index in [-0.39, 0.29) is 6.04 Å². The molecule has 0 saturated heterocycles. The number of halogens is 3. The van der Waals surface area contributed by atoms with Crippen LogP contribution in [0.3, 0.4) is 0 Å². The lowest BCUT2D eigenvalue weighted by molar-refractivity contribution is -0.204. The van der Waals surface area contributed by atoms with Gasteiger partial charge in [-0.1, -0.05) is 0 Å². The molecule has 1 rings (SSSR count). The van der Waals surface area contributed by atoms with Crippen LogP contribution in [0.2, 0.25) is 0 Å². The highest BCUT2D eigenvalue weighted by atomic mass is 19.4. The van der Waals surface area contributed by atoms with Gasteiger partial charge in [0.15, 0.2) is 0 Å². The van der Waals surface area contributed by atoms with Gasteiger partial charge in [0.1, 0.15) is 6.10 Å². The lowest BCUT2D eigenvalue weighted by Crippen LogP contribution is -2.29. The Morgan fingerprint density at radius 1 is 1.38 bits per heavy atom. The van der Waals surface area contributed by atoms with Gasteiger partial charge < -0.3 is 10.5 Å². The standard InChI is InChI=1S/C7H10F3NO2/c8-7(9,10)6(12)13-5-2-1-4(11)3-5/h4-5H,1-3,11H2/t4-,5+/m1/s1. The maximum atomic E-state index is 11.7. The lowest BCUT2D eigenvalue weighted by atomic mass is 10.3. The van der Waals surface area contributed by atoms with Gasteiger partial charge in [-0.05, 0) is 19.3 Å². The van der Waals surface area contributed by atoms with Crippen LogP contribution in [0.15, 0.2) is 0 Å². The molecule has 1 fully saturated rings. The Hall–Kier alpha value is -0.780. The van der Waals surface area contributed by atoms with Crippen LogP contribution in [-0.2, 0) is 9.53 Å². The Labute approximate surface area is 73.0 Å². The summed E-state index contributed by atoms with van der Waals surface area (Å²) >= 11 is 0. The van der Waals surface area contributed by atoms with E-state index in [1.54, 1.807) is 0 Å². The predicted octanol–water partition coefficient (Wildman–Crippen LogP) is 0.972. The smallest absolute Gasteiger partial charge is 0.456 e. The number of ether oxygens (including phenoxy) is 1. The minimum atomic E-state index is -4.90. The monoisotopic (exact) mass is 197 g/mol. The maximum absolute atomic E-state index is 11.7. The van der Waals surface area contributed by atoms with Crippen LogP contribution >= 0.6 is 0 Å². The fourth-order valence-electron chi connectivity index (χ4n) is 1.30. The summed E-state index contributed by atoms with van der Waals surface area (Å²) in [5.74, 6) is -2.12. The number of hydrogen-bond acceptors (Lipinski definition) is 3. The van der Waals surface area contributed by atoms with Crippen molar-refractivity contribution in [3.8, 4) is 0 Å². The van der Waals surface area contributed by atoms with Gasteiger partial charge in [-0.2, -0.15) is 13.2 Å². The van der Waals surface area contributed by atoms with Crippen molar-refractivity contribution in [3.63, 3.8) is 0 Å². The molecule has 0 unspecified atom stereocenters. The highest BCUT2D eigenvalue weighted by Gasteiger charge is 2.43. The van der Waals surface area contributed by atoms with Crippen molar-refractivity contribution >= 4 is 5.97 Å². The third-order valence-electron chi connectivity index (χ3n) is 1.93. The molecule has 0 aromatic carbocycles. The van der Waals surface area contributed by atoms with Crippen molar-refractivity contribution in [1.29, 1.82) is 0 Å². The summed E-state index contributed by atoms with van der Waals surface area (Å²) in [4.78, 5) is 10.3. The van der Waals surface area contributed by atoms with Gasteiger partial charge in [-0.3, -0.25) is 0 Å². The molecular weight excluding hydrogens is 187 g/mol. The van der Waals surface area contributed by atoms with E-state index in [0.29, 0.717) is 19.3 Å². The summed E-state index contributed by atoms with van der Waals surface area (Å²) in [6.07, 6.45) is -4.21. The molecule has 2 atom stereocenters. The largest absolute Gasteiger partial charge is 0.490 e. The van der Waals surface area contributed by atoms with Gasteiger partial charge in [-0.15, -0.1) is 0 Å². The van der Waals surface area contributed by atoms with Crippen LogP contribution in [0.1, 0.15) is 19.3 Å². The number of carbonyl (C=O) groups excluding carboxylic acids is 1. The minimum Gasteiger partial charge on any atom is -0.456 e. The van der Waals surface area contributed by atoms with Gasteiger partial charge in [0, 0.05) is 6.04 Å². The van der Waals surface area contributed by atoms with Gasteiger partial charge in [0.05, 0.1) is 0 Å². The van der Waals surface area contributed by atoms with Gasteiger partial charge in [0.2, 0.25) is 0 Å². The Morgan fingerprint density at radius 2 is 2.00 bits per heavy atom. The van der Waals surface area contributed by atoms with E-state index in [1.807, 2.05) is 0 Å². The van der Waals surface area contributed by atoms with Crippen LogP contribution in [0, 0.1) is 0 Å². The molecule has 0 bridgehead atoms. The second kappa shape index (κ2) is 3.53. The van der Waals surface area contributed by atoms with E-state index in [1.165, 1.54) is 0 Å². The van der Waals surface area contributed by atoms with Crippen LogP contribution in [0.4, 0.5) is 13.2 Å². The molecule has 0 spiro atoms. The Morgan fingerprint density at radius 3 is 2.38 bits per heavy atom. The van der Waals surface area contributed by atoms with Crippen molar-refractivity contribution in [3.05, 3.63) is 0 Å². The molecule has 0 radical (unpaired) electrons. The van der Waals surface area contributed by atoms with Gasteiger partial charge in [0.25, 0.3) is 0 Å². The molecule has 13 heavy (non-hydrogen) atoms. The topological polar surface area (TPSA) is 52.3 Å². The number of nitrogens with two attached hydrogens (primary N) is 1. The van der Waals surface area contributed by atoms with E-state index in [9.17, 15) is 18.0 Å². The average Bonchev–Trinajstić information content (AvgIpc) is 2.33. The molecule has 1 aliphatic carbocycles. The zero-order valence-corrected chi connectivity index (χ0v) is 6.80. The van der Waals surface area contributed by atoms with Crippen LogP contribution in [0.25, 0.3) is 0 Å². The van der Waals surface area contributed by atoms with Crippen molar-refractivity contribution in [2.45, 2.75) is 37.6 Å². The first kappa shape index (κ1) is 10.3. The predicted molar refractivity (Wildman–Crippen MR) is 37.8 cm³/mol. The molecule has 6 heteroatoms. The Bertz CT molecular complexity index is 204. The lowest BCUT2D eigenvalue weighted by Gasteiger charge is -2.12. The minimum absolute atomic E-state index is 0.147. The summed E-state index contributed by atoms with van der Waals surface area (Å²) in [6.45, 7) is 0. The molecule has 0 amide bonds. The zero-order chi connectivity index (χ0) is 10.1. The first-order valence-corrected chi connectivity index (χ1v) is 3.93. The summed E-state index contributed by atoms with van der Waals surface area (Å²) in [5, 5.41) is 0. The van der Waals surface area contributed by atoms with E-state index in [2.05, 4.69) is 4.74 Å². The van der Waals surface area contributed by atoms with Crippen LogP contribution in [-0.4, -0.2) is 24.3 Å². The molecule has 3 nitrogen and oxygen atoms in total. The Balaban J connectivity index is 2.37. The van der Waals surface area contributed by atoms with Crippen molar-refractivity contribution < 1.29 is 22.7 Å². The summed E-state index contributed by atoms with van der Waals surface area (Å²) in [5.41, 5.74) is 5.44. The molecule has 2 N–H and O–H groups in total. The first-order chi connectivity index (χ1) is 5.89. The molecule has 1 aliphatic rings. The zero-order valence-electron chi connectivity index (χ0n) is 6.80. The van der Waals surface area contributed by atoms with Crippen LogP contribution in [0.5, 0.6) is 0 Å². The van der Waals surface area contributed by atoms with Crippen molar-refractivity contribution in [2.75, 3.05) is 0 Å². The van der Waals surface area contributed by atoms with Crippen molar-refractivity contribution in [1.82, 2.24) is 0 Å². The first-order valence-electron chi connectivity index (χ1n) is 3.93. The maximum Gasteiger partial charge on any atom is 0.490 e. The summed E-state index contributed by atoms with van der Waals surface area (Å²) in [7, 11) is 0. The third-order valence-corrected chi connectivity index (χ3v) is 1.93. The SMILES string of the molecule is N[C@@H]1CC[C@H](OC(=O)C(F)(F)F)C1. The highest BCUT2D eigenvalue weighted by molar-refractivity contribution is 5.75. The van der Waals surface area contributed by atoms with E-state index >= 15 is 0 Å². The van der Waals surface area contributed by atoms with Crippen LogP contribution < -0.4 is 5.73 Å². The van der Waals surface area contributed by atoms with E-state index in [0.717, 1.165) is 0 Å². The summed E-state index contributed by atoms with van der Waals surface area (Å²) < 4.78 is 39.3. The number of hydrogen-bond donors (Lipinski definition) is 1. The molecule has 76 valence electrons. The summed E-state index contributed by atoms with van der Waals surface area (Å²) in [6, 6.07) is -0.147. The molecule has 0 aliphatic heterocycles. The van der Waals surface area contributed by atoms with E-state index in [4.69, 9.17) is 5.73 Å². The second-order valence-electron chi connectivity index (χ2n) is 3.10. The van der Waals surface area contributed by atoms with E-state index < -0.39 is 18.2 Å². The Kier molecular flexibility index (Phi) is 2.80. The number of esters is 1. The quantitative estimate of drug-likeness (QED) is 0.637. The van der Waals surface area contributed by atoms with Crippen molar-refractivity contribution in [2.24, 2.45) is 5.73 Å². The molecule has 0 aromatic rings. The van der Waals surface area contributed by atoms with Gasteiger partial charge in [-0.25, -0.2) is 4.79 Å². The number of alkyl halides is 3. The second-order valence-corrected chi connectivity index (χ2v) is 3.10. The third kappa shape index (κ3) is 2.87. The molecule has 0 heterocycles. The average molecular weight is 197 g/mol. The molecular formula is C7H10F3NO2. The number of carbonyl (C=O) groups is 1. The molecule has 1 saturated carbocycles. The molecule has 0 aromatic heterocycles. The fourth-order valence-corrected chi connectivity index (χ4v) is 1.30. The highest BCUT2D eigenvalue weighted by Crippen LogP contribution is 2.24. The van der Waals surface area contributed by atoms with Gasteiger partial charge >= 0.3 is 12.1 Å². The normalized spacial score (nSPS) is 28.9.